The van der Waals surface area contributed by atoms with Crippen molar-refractivity contribution in [2.75, 3.05) is 11.9 Å². The Bertz CT molecular complexity index is 485. The van der Waals surface area contributed by atoms with Gasteiger partial charge in [-0.05, 0) is 24.1 Å². The van der Waals surface area contributed by atoms with E-state index in [1.807, 2.05) is 23.6 Å². The summed E-state index contributed by atoms with van der Waals surface area (Å²) < 4.78 is 0. The molecular weight excluding hydrogens is 275 g/mol. The Hall–Kier alpha value is -0.770. The number of rotatable bonds is 5. The second-order valence-corrected chi connectivity index (χ2v) is 5.15. The number of hydrogen-bond donors (Lipinski definition) is 1. The van der Waals surface area contributed by atoms with Crippen molar-refractivity contribution in [2.24, 2.45) is 0 Å². The third-order valence-corrected chi connectivity index (χ3v) is 3.63. The van der Waals surface area contributed by atoms with Crippen LogP contribution in [0.2, 0.25) is 5.02 Å². The molecule has 0 atom stereocenters. The smallest absolute Gasteiger partial charge is 0.182 e. The fourth-order valence-electron chi connectivity index (χ4n) is 1.46. The predicted molar refractivity (Wildman–Crippen MR) is 75.3 cm³/mol. The molecule has 0 saturated carbocycles. The molecule has 2 rings (SSSR count). The van der Waals surface area contributed by atoms with Crippen molar-refractivity contribution >= 4 is 39.7 Å². The van der Waals surface area contributed by atoms with Gasteiger partial charge in [0, 0.05) is 16.9 Å². The van der Waals surface area contributed by atoms with Gasteiger partial charge >= 0.3 is 0 Å². The SMILES string of the molecule is ClCc1csc(NCCc2cccc(Cl)c2)n1. The molecule has 0 bridgehead atoms. The average Bonchev–Trinajstić information content (AvgIpc) is 2.77. The lowest BCUT2D eigenvalue weighted by Gasteiger charge is -2.03. The molecule has 0 unspecified atom stereocenters. The van der Waals surface area contributed by atoms with Crippen molar-refractivity contribution in [2.45, 2.75) is 12.3 Å². The number of nitrogens with one attached hydrogen (secondary N) is 1. The standard InChI is InChI=1S/C12H12Cl2N2S/c13-7-11-8-17-12(16-11)15-5-4-9-2-1-3-10(14)6-9/h1-3,6,8H,4-5,7H2,(H,15,16). The number of anilines is 1. The van der Waals surface area contributed by atoms with Crippen LogP contribution < -0.4 is 5.32 Å². The summed E-state index contributed by atoms with van der Waals surface area (Å²) >= 11 is 13.2. The lowest BCUT2D eigenvalue weighted by Crippen LogP contribution is -2.04. The third kappa shape index (κ3) is 3.87. The number of alkyl halides is 1. The topological polar surface area (TPSA) is 24.9 Å². The maximum atomic E-state index is 5.92. The molecule has 0 amide bonds. The van der Waals surface area contributed by atoms with Crippen molar-refractivity contribution in [3.8, 4) is 0 Å². The van der Waals surface area contributed by atoms with Crippen LogP contribution in [0, 0.1) is 0 Å². The highest BCUT2D eigenvalue weighted by Gasteiger charge is 2.00. The van der Waals surface area contributed by atoms with Crippen LogP contribution in [0.1, 0.15) is 11.3 Å². The molecule has 0 radical (unpaired) electrons. The Morgan fingerprint density at radius 2 is 2.24 bits per heavy atom. The average molecular weight is 287 g/mol. The van der Waals surface area contributed by atoms with Crippen molar-refractivity contribution < 1.29 is 0 Å². The largest absolute Gasteiger partial charge is 0.361 e. The Balaban J connectivity index is 1.83. The highest BCUT2D eigenvalue weighted by Crippen LogP contribution is 2.17. The molecule has 0 fully saturated rings. The molecule has 1 heterocycles. The van der Waals surface area contributed by atoms with Gasteiger partial charge in [0.1, 0.15) is 0 Å². The zero-order valence-corrected chi connectivity index (χ0v) is 11.4. The molecule has 90 valence electrons. The molecule has 2 aromatic rings. The van der Waals surface area contributed by atoms with Crippen molar-refractivity contribution in [1.82, 2.24) is 4.98 Å². The van der Waals surface area contributed by atoms with Crippen molar-refractivity contribution in [3.63, 3.8) is 0 Å². The van der Waals surface area contributed by atoms with Crippen LogP contribution >= 0.6 is 34.5 Å². The van der Waals surface area contributed by atoms with Crippen LogP contribution in [-0.2, 0) is 12.3 Å². The molecule has 17 heavy (non-hydrogen) atoms. The highest BCUT2D eigenvalue weighted by atomic mass is 35.5. The first-order valence-electron chi connectivity index (χ1n) is 5.26. The van der Waals surface area contributed by atoms with Crippen molar-refractivity contribution in [3.05, 3.63) is 45.9 Å². The number of benzene rings is 1. The van der Waals surface area contributed by atoms with Gasteiger partial charge in [-0.15, -0.1) is 22.9 Å². The quantitative estimate of drug-likeness (QED) is 0.834. The minimum atomic E-state index is 0.465. The van der Waals surface area contributed by atoms with E-state index in [9.17, 15) is 0 Å². The summed E-state index contributed by atoms with van der Waals surface area (Å²) in [6.07, 6.45) is 0.927. The molecule has 1 N–H and O–H groups in total. The van der Waals surface area contributed by atoms with Gasteiger partial charge in [0.15, 0.2) is 5.13 Å². The Kier molecular flexibility index (Phi) is 4.66. The zero-order valence-electron chi connectivity index (χ0n) is 9.12. The minimum Gasteiger partial charge on any atom is -0.361 e. The fraction of sp³-hybridized carbons (Fsp3) is 0.250. The number of nitrogens with zero attached hydrogens (tertiary/aromatic N) is 1. The van der Waals surface area contributed by atoms with E-state index in [-0.39, 0.29) is 0 Å². The molecule has 1 aromatic carbocycles. The summed E-state index contributed by atoms with van der Waals surface area (Å²) in [5.74, 6) is 0.465. The highest BCUT2D eigenvalue weighted by molar-refractivity contribution is 7.13. The van der Waals surface area contributed by atoms with Crippen LogP contribution in [0.5, 0.6) is 0 Å². The van der Waals surface area contributed by atoms with E-state index in [2.05, 4.69) is 16.4 Å². The fourth-order valence-corrected chi connectivity index (χ4v) is 2.64. The van der Waals surface area contributed by atoms with Gasteiger partial charge in [0.25, 0.3) is 0 Å². The van der Waals surface area contributed by atoms with Crippen molar-refractivity contribution in [1.29, 1.82) is 0 Å². The van der Waals surface area contributed by atoms with E-state index in [1.165, 1.54) is 5.56 Å². The lowest BCUT2D eigenvalue weighted by molar-refractivity contribution is 1.01. The van der Waals surface area contributed by atoms with Crippen LogP contribution in [0.15, 0.2) is 29.6 Å². The summed E-state index contributed by atoms with van der Waals surface area (Å²) in [6.45, 7) is 0.843. The molecule has 2 nitrogen and oxygen atoms in total. The molecular formula is C12H12Cl2N2S. The normalized spacial score (nSPS) is 10.5. The van der Waals surface area contributed by atoms with E-state index in [0.29, 0.717) is 5.88 Å². The predicted octanol–water partition coefficient (Wildman–Crippen LogP) is 4.19. The lowest BCUT2D eigenvalue weighted by atomic mass is 10.1. The second kappa shape index (κ2) is 6.24. The van der Waals surface area contributed by atoms with Gasteiger partial charge in [-0.25, -0.2) is 4.98 Å². The van der Waals surface area contributed by atoms with E-state index in [0.717, 1.165) is 28.8 Å². The minimum absolute atomic E-state index is 0.465. The monoisotopic (exact) mass is 286 g/mol. The number of hydrogen-bond acceptors (Lipinski definition) is 3. The number of thiazole rings is 1. The molecule has 1 aromatic heterocycles. The Labute approximate surface area is 115 Å². The number of halogens is 2. The van der Waals surface area contributed by atoms with Crippen LogP contribution in [-0.4, -0.2) is 11.5 Å². The summed E-state index contributed by atoms with van der Waals surface area (Å²) in [5.41, 5.74) is 2.14. The van der Waals surface area contributed by atoms with Gasteiger partial charge in [-0.3, -0.25) is 0 Å². The Morgan fingerprint density at radius 3 is 2.94 bits per heavy atom. The van der Waals surface area contributed by atoms with E-state index in [4.69, 9.17) is 23.2 Å². The van der Waals surface area contributed by atoms with Crippen LogP contribution in [0.3, 0.4) is 0 Å². The first-order valence-corrected chi connectivity index (χ1v) is 7.06. The summed E-state index contributed by atoms with van der Waals surface area (Å²) in [5, 5.41) is 6.94. The van der Waals surface area contributed by atoms with E-state index < -0.39 is 0 Å². The molecule has 0 spiro atoms. The summed E-state index contributed by atoms with van der Waals surface area (Å²) in [7, 11) is 0. The molecule has 0 aliphatic rings. The van der Waals surface area contributed by atoms with Gasteiger partial charge in [0.05, 0.1) is 11.6 Å². The van der Waals surface area contributed by atoms with Crippen LogP contribution in [0.25, 0.3) is 0 Å². The Morgan fingerprint density at radius 1 is 1.35 bits per heavy atom. The first-order chi connectivity index (χ1) is 8.28. The molecule has 5 heteroatoms. The maximum Gasteiger partial charge on any atom is 0.182 e. The molecule has 0 aliphatic carbocycles. The maximum absolute atomic E-state index is 5.92. The third-order valence-electron chi connectivity index (χ3n) is 2.27. The summed E-state index contributed by atoms with van der Waals surface area (Å²) in [4.78, 5) is 4.33. The first kappa shape index (κ1) is 12.7. The second-order valence-electron chi connectivity index (χ2n) is 3.58. The molecule has 0 aliphatic heterocycles. The number of aromatic nitrogens is 1. The molecule has 0 saturated heterocycles. The van der Waals surface area contributed by atoms with Gasteiger partial charge in [0.2, 0.25) is 0 Å². The van der Waals surface area contributed by atoms with E-state index in [1.54, 1.807) is 11.3 Å². The zero-order chi connectivity index (χ0) is 12.1. The van der Waals surface area contributed by atoms with Gasteiger partial charge < -0.3 is 5.32 Å². The summed E-state index contributed by atoms with van der Waals surface area (Å²) in [6, 6.07) is 7.90. The van der Waals surface area contributed by atoms with E-state index >= 15 is 0 Å². The van der Waals surface area contributed by atoms with Gasteiger partial charge in [-0.1, -0.05) is 23.7 Å². The van der Waals surface area contributed by atoms with Crippen LogP contribution in [0.4, 0.5) is 5.13 Å². The van der Waals surface area contributed by atoms with Gasteiger partial charge in [-0.2, -0.15) is 0 Å².